The number of carbonyl (C=O) groups is 2. The molecular formula is C16H28N2O4. The lowest BCUT2D eigenvalue weighted by molar-refractivity contribution is -0.132. The molecule has 0 aliphatic carbocycles. The maximum Gasteiger partial charge on any atom is 0.224 e. The predicted octanol–water partition coefficient (Wildman–Crippen LogP) is 1.04. The molecule has 0 bridgehead atoms. The van der Waals surface area contributed by atoms with Gasteiger partial charge in [-0.2, -0.15) is 0 Å². The summed E-state index contributed by atoms with van der Waals surface area (Å²) in [5.41, 5.74) is -0.0636. The number of rotatable bonds is 6. The van der Waals surface area contributed by atoms with Crippen LogP contribution < -0.4 is 0 Å². The van der Waals surface area contributed by atoms with Crippen molar-refractivity contribution in [1.82, 2.24) is 9.80 Å². The van der Waals surface area contributed by atoms with Gasteiger partial charge in [-0.3, -0.25) is 9.59 Å². The zero-order valence-electron chi connectivity index (χ0n) is 13.8. The maximum absolute atomic E-state index is 12.2. The van der Waals surface area contributed by atoms with Crippen molar-refractivity contribution in [3.63, 3.8) is 0 Å². The van der Waals surface area contributed by atoms with Gasteiger partial charge in [0.1, 0.15) is 0 Å². The van der Waals surface area contributed by atoms with E-state index in [1.54, 1.807) is 14.2 Å². The summed E-state index contributed by atoms with van der Waals surface area (Å²) >= 11 is 0. The first-order valence-corrected chi connectivity index (χ1v) is 8.19. The van der Waals surface area contributed by atoms with E-state index in [-0.39, 0.29) is 17.4 Å². The van der Waals surface area contributed by atoms with Crippen LogP contribution in [0.25, 0.3) is 0 Å². The van der Waals surface area contributed by atoms with E-state index in [0.717, 1.165) is 38.8 Å². The smallest absolute Gasteiger partial charge is 0.224 e. The van der Waals surface area contributed by atoms with Gasteiger partial charge in [-0.15, -0.1) is 0 Å². The van der Waals surface area contributed by atoms with E-state index in [1.165, 1.54) is 0 Å². The van der Waals surface area contributed by atoms with Gasteiger partial charge < -0.3 is 19.3 Å². The van der Waals surface area contributed by atoms with Crippen LogP contribution in [0.3, 0.4) is 0 Å². The van der Waals surface area contributed by atoms with Crippen molar-refractivity contribution in [2.45, 2.75) is 44.1 Å². The van der Waals surface area contributed by atoms with E-state index in [2.05, 4.69) is 0 Å². The quantitative estimate of drug-likeness (QED) is 0.735. The largest absolute Gasteiger partial charge is 0.384 e. The minimum absolute atomic E-state index is 0.0636. The fraction of sp³-hybridized carbons (Fsp3) is 0.875. The third-order valence-electron chi connectivity index (χ3n) is 4.99. The lowest BCUT2D eigenvalue weighted by atomic mass is 9.88. The highest BCUT2D eigenvalue weighted by atomic mass is 16.5. The van der Waals surface area contributed by atoms with Gasteiger partial charge in [0.2, 0.25) is 11.8 Å². The highest BCUT2D eigenvalue weighted by Crippen LogP contribution is 2.38. The molecule has 2 aliphatic rings. The molecule has 0 N–H and O–H groups in total. The van der Waals surface area contributed by atoms with E-state index in [0.29, 0.717) is 32.6 Å². The summed E-state index contributed by atoms with van der Waals surface area (Å²) < 4.78 is 10.1. The number of carbonyl (C=O) groups excluding carboxylic acids is 2. The fourth-order valence-corrected chi connectivity index (χ4v) is 3.71. The Morgan fingerprint density at radius 2 is 1.91 bits per heavy atom. The Morgan fingerprint density at radius 3 is 2.64 bits per heavy atom. The highest BCUT2D eigenvalue weighted by molar-refractivity contribution is 5.80. The molecular weight excluding hydrogens is 284 g/mol. The van der Waals surface area contributed by atoms with Crippen molar-refractivity contribution >= 4 is 11.8 Å². The second-order valence-corrected chi connectivity index (χ2v) is 6.24. The van der Waals surface area contributed by atoms with Crippen molar-refractivity contribution in [2.75, 3.05) is 47.1 Å². The number of amides is 2. The standard InChI is InChI=1S/C16H28N2O4/c1-21-12-5-14(19)17-9-3-6-16(8-10-17)7-4-15(20)18(16)11-13-22-2/h3-13H2,1-2H3/t16-/m0/s1. The highest BCUT2D eigenvalue weighted by Gasteiger charge is 2.45. The molecule has 1 atom stereocenters. The van der Waals surface area contributed by atoms with Gasteiger partial charge in [0.05, 0.1) is 19.6 Å². The first-order valence-electron chi connectivity index (χ1n) is 8.19. The summed E-state index contributed by atoms with van der Waals surface area (Å²) in [4.78, 5) is 28.3. The van der Waals surface area contributed by atoms with Gasteiger partial charge in [0.15, 0.2) is 0 Å². The number of methoxy groups -OCH3 is 2. The molecule has 0 aromatic rings. The third-order valence-corrected chi connectivity index (χ3v) is 4.99. The maximum atomic E-state index is 12.2. The summed E-state index contributed by atoms with van der Waals surface area (Å²) in [7, 11) is 3.28. The van der Waals surface area contributed by atoms with Gasteiger partial charge in [-0.1, -0.05) is 0 Å². The van der Waals surface area contributed by atoms with Gasteiger partial charge in [-0.05, 0) is 25.7 Å². The van der Waals surface area contributed by atoms with Crippen molar-refractivity contribution in [2.24, 2.45) is 0 Å². The van der Waals surface area contributed by atoms with Crippen LogP contribution in [0.15, 0.2) is 0 Å². The zero-order chi connectivity index (χ0) is 16.0. The van der Waals surface area contributed by atoms with Crippen LogP contribution in [0.2, 0.25) is 0 Å². The van der Waals surface area contributed by atoms with E-state index >= 15 is 0 Å². The van der Waals surface area contributed by atoms with Crippen molar-refractivity contribution in [3.05, 3.63) is 0 Å². The van der Waals surface area contributed by atoms with Gasteiger partial charge in [0, 0.05) is 45.8 Å². The topological polar surface area (TPSA) is 59.1 Å². The number of nitrogens with zero attached hydrogens (tertiary/aromatic N) is 2. The molecule has 0 aromatic carbocycles. The number of hydrogen-bond acceptors (Lipinski definition) is 4. The molecule has 126 valence electrons. The monoisotopic (exact) mass is 312 g/mol. The fourth-order valence-electron chi connectivity index (χ4n) is 3.71. The Kier molecular flexibility index (Phi) is 6.20. The van der Waals surface area contributed by atoms with Gasteiger partial charge in [0.25, 0.3) is 0 Å². The molecule has 2 saturated heterocycles. The lowest BCUT2D eigenvalue weighted by Gasteiger charge is -2.38. The normalized spacial score (nSPS) is 25.8. The number of ether oxygens (including phenoxy) is 2. The molecule has 22 heavy (non-hydrogen) atoms. The molecule has 0 radical (unpaired) electrons. The Bertz CT molecular complexity index is 402. The van der Waals surface area contributed by atoms with Crippen LogP contribution in [-0.2, 0) is 19.1 Å². The molecule has 6 nitrogen and oxygen atoms in total. The minimum Gasteiger partial charge on any atom is -0.384 e. The summed E-state index contributed by atoms with van der Waals surface area (Å²) in [5, 5.41) is 0. The zero-order valence-corrected chi connectivity index (χ0v) is 13.8. The molecule has 0 aromatic heterocycles. The molecule has 2 amide bonds. The third kappa shape index (κ3) is 3.79. The second kappa shape index (κ2) is 7.92. The number of likely N-dealkylation sites (tertiary alicyclic amines) is 2. The van der Waals surface area contributed by atoms with Crippen LogP contribution in [-0.4, -0.2) is 74.2 Å². The molecule has 2 aliphatic heterocycles. The van der Waals surface area contributed by atoms with Crippen molar-refractivity contribution < 1.29 is 19.1 Å². The first kappa shape index (κ1) is 17.2. The molecule has 1 spiro atoms. The Morgan fingerprint density at radius 1 is 1.14 bits per heavy atom. The van der Waals surface area contributed by atoms with E-state index in [1.807, 2.05) is 9.80 Å². The van der Waals surface area contributed by atoms with E-state index in [4.69, 9.17) is 9.47 Å². The molecule has 2 rings (SSSR count). The summed E-state index contributed by atoms with van der Waals surface area (Å²) in [6, 6.07) is 0. The van der Waals surface area contributed by atoms with E-state index in [9.17, 15) is 9.59 Å². The Hall–Kier alpha value is -1.14. The molecule has 2 heterocycles. The summed E-state index contributed by atoms with van der Waals surface area (Å²) in [6.07, 6.45) is 4.79. The molecule has 0 saturated carbocycles. The number of hydrogen-bond donors (Lipinski definition) is 0. The SMILES string of the molecule is COCCC(=O)N1CCC[C@]2(CCC(=O)N2CCOC)CC1. The summed E-state index contributed by atoms with van der Waals surface area (Å²) in [5.74, 6) is 0.392. The molecule has 2 fully saturated rings. The van der Waals surface area contributed by atoms with Crippen LogP contribution in [0.5, 0.6) is 0 Å². The lowest BCUT2D eigenvalue weighted by Crippen LogP contribution is -2.48. The minimum atomic E-state index is -0.0636. The average Bonchev–Trinajstić information content (AvgIpc) is 2.70. The van der Waals surface area contributed by atoms with E-state index < -0.39 is 0 Å². The summed E-state index contributed by atoms with van der Waals surface area (Å²) in [6.45, 7) is 3.23. The van der Waals surface area contributed by atoms with Crippen molar-refractivity contribution in [1.29, 1.82) is 0 Å². The Balaban J connectivity index is 1.98. The second-order valence-electron chi connectivity index (χ2n) is 6.24. The average molecular weight is 312 g/mol. The van der Waals surface area contributed by atoms with Crippen LogP contribution in [0.1, 0.15) is 38.5 Å². The van der Waals surface area contributed by atoms with Crippen LogP contribution in [0.4, 0.5) is 0 Å². The predicted molar refractivity (Wildman–Crippen MR) is 82.5 cm³/mol. The van der Waals surface area contributed by atoms with Crippen LogP contribution in [0, 0.1) is 0 Å². The molecule has 6 heteroatoms. The first-order chi connectivity index (χ1) is 10.6. The van der Waals surface area contributed by atoms with Crippen LogP contribution >= 0.6 is 0 Å². The van der Waals surface area contributed by atoms with Crippen molar-refractivity contribution in [3.8, 4) is 0 Å². The van der Waals surface area contributed by atoms with Gasteiger partial charge in [-0.25, -0.2) is 0 Å². The molecule has 0 unspecified atom stereocenters. The Labute approximate surface area is 132 Å². The van der Waals surface area contributed by atoms with Gasteiger partial charge >= 0.3 is 0 Å².